The number of aliphatic carboxylic acids is 1. The van der Waals surface area contributed by atoms with Crippen molar-refractivity contribution in [2.75, 3.05) is 13.2 Å². The van der Waals surface area contributed by atoms with Crippen LogP contribution in [-0.4, -0.2) is 40.2 Å². The first-order valence-corrected chi connectivity index (χ1v) is 12.1. The predicted octanol–water partition coefficient (Wildman–Crippen LogP) is 5.24. The number of carboxylic acids is 1. The SMILES string of the molecule is CCOc1cc(C)c(-c2nc3ccccc3c(=O)n2N=Cc2ccccc2OCC(=O)O)cc1C(C)C. The molecule has 0 bridgehead atoms. The molecule has 1 N–H and O–H groups in total. The third-order valence-corrected chi connectivity index (χ3v) is 5.86. The molecule has 0 saturated heterocycles. The van der Waals surface area contributed by atoms with Crippen molar-refractivity contribution in [1.29, 1.82) is 0 Å². The summed E-state index contributed by atoms with van der Waals surface area (Å²) in [5, 5.41) is 14.0. The van der Waals surface area contributed by atoms with Crippen molar-refractivity contribution in [3.05, 3.63) is 87.7 Å². The standard InChI is InChI=1S/C29H29N3O5/c1-5-36-26-14-19(4)23(15-22(26)18(2)3)28-31-24-12-8-7-11-21(24)29(35)32(28)30-16-20-10-6-9-13-25(20)37-17-27(33)34/h6-16,18H,5,17H2,1-4H3,(H,33,34). The number of hydrogen-bond acceptors (Lipinski definition) is 6. The second kappa shape index (κ2) is 11.1. The van der Waals surface area contributed by atoms with E-state index in [1.807, 2.05) is 32.0 Å². The number of carbonyl (C=O) groups is 1. The van der Waals surface area contributed by atoms with E-state index in [9.17, 15) is 9.59 Å². The Kier molecular flexibility index (Phi) is 7.67. The van der Waals surface area contributed by atoms with E-state index in [1.54, 1.807) is 42.5 Å². The highest BCUT2D eigenvalue weighted by Gasteiger charge is 2.18. The zero-order valence-electron chi connectivity index (χ0n) is 21.3. The fraction of sp³-hybridized carbons (Fsp3) is 0.241. The van der Waals surface area contributed by atoms with E-state index in [0.29, 0.717) is 34.6 Å². The second-order valence-electron chi connectivity index (χ2n) is 8.83. The van der Waals surface area contributed by atoms with Gasteiger partial charge in [-0.05, 0) is 67.3 Å². The minimum absolute atomic E-state index is 0.184. The summed E-state index contributed by atoms with van der Waals surface area (Å²) < 4.78 is 12.6. The van der Waals surface area contributed by atoms with Gasteiger partial charge in [-0.25, -0.2) is 9.78 Å². The quantitative estimate of drug-likeness (QED) is 0.316. The molecule has 0 unspecified atom stereocenters. The van der Waals surface area contributed by atoms with Crippen molar-refractivity contribution in [3.63, 3.8) is 0 Å². The van der Waals surface area contributed by atoms with Crippen LogP contribution in [0.5, 0.6) is 11.5 Å². The average molecular weight is 500 g/mol. The Balaban J connectivity index is 1.92. The molecule has 0 amide bonds. The topological polar surface area (TPSA) is 103 Å². The number of para-hydroxylation sites is 2. The van der Waals surface area contributed by atoms with Gasteiger partial charge < -0.3 is 14.6 Å². The Morgan fingerprint density at radius 3 is 2.54 bits per heavy atom. The van der Waals surface area contributed by atoms with Gasteiger partial charge in [-0.15, -0.1) is 0 Å². The summed E-state index contributed by atoms with van der Waals surface area (Å²) in [6.45, 7) is 8.13. The molecule has 8 nitrogen and oxygen atoms in total. The van der Waals surface area contributed by atoms with Gasteiger partial charge in [0.25, 0.3) is 5.56 Å². The van der Waals surface area contributed by atoms with Crippen LogP contribution in [0.3, 0.4) is 0 Å². The van der Waals surface area contributed by atoms with E-state index in [2.05, 4.69) is 18.9 Å². The molecule has 1 heterocycles. The molecule has 3 aromatic carbocycles. The van der Waals surface area contributed by atoms with Crippen LogP contribution < -0.4 is 15.0 Å². The van der Waals surface area contributed by atoms with E-state index in [-0.39, 0.29) is 11.5 Å². The maximum absolute atomic E-state index is 13.6. The molecule has 8 heteroatoms. The van der Waals surface area contributed by atoms with Crippen LogP contribution >= 0.6 is 0 Å². The first kappa shape index (κ1) is 25.6. The van der Waals surface area contributed by atoms with Crippen molar-refractivity contribution in [3.8, 4) is 22.9 Å². The summed E-state index contributed by atoms with van der Waals surface area (Å²) in [5.74, 6) is 0.642. The Hall–Kier alpha value is -4.46. The lowest BCUT2D eigenvalue weighted by Crippen LogP contribution is -2.21. The molecule has 0 aliphatic heterocycles. The van der Waals surface area contributed by atoms with Gasteiger partial charge in [0.05, 0.1) is 23.7 Å². The van der Waals surface area contributed by atoms with E-state index in [4.69, 9.17) is 19.6 Å². The highest BCUT2D eigenvalue weighted by molar-refractivity contribution is 5.85. The summed E-state index contributed by atoms with van der Waals surface area (Å²) in [7, 11) is 0. The Morgan fingerprint density at radius 1 is 1.08 bits per heavy atom. The highest BCUT2D eigenvalue weighted by atomic mass is 16.5. The molecular formula is C29H29N3O5. The predicted molar refractivity (Wildman–Crippen MR) is 144 cm³/mol. The van der Waals surface area contributed by atoms with Gasteiger partial charge in [-0.2, -0.15) is 9.78 Å². The fourth-order valence-electron chi connectivity index (χ4n) is 4.05. The molecular weight excluding hydrogens is 470 g/mol. The number of carboxylic acid groups (broad SMARTS) is 1. The lowest BCUT2D eigenvalue weighted by molar-refractivity contribution is -0.139. The molecule has 0 spiro atoms. The number of rotatable bonds is 9. The second-order valence-corrected chi connectivity index (χ2v) is 8.83. The number of nitrogens with zero attached hydrogens (tertiary/aromatic N) is 3. The van der Waals surface area contributed by atoms with Crippen LogP contribution in [-0.2, 0) is 4.79 Å². The summed E-state index contributed by atoms with van der Waals surface area (Å²) in [6.07, 6.45) is 1.48. The summed E-state index contributed by atoms with van der Waals surface area (Å²) in [5.41, 5.74) is 3.44. The van der Waals surface area contributed by atoms with Crippen LogP contribution in [0.2, 0.25) is 0 Å². The molecule has 4 aromatic rings. The van der Waals surface area contributed by atoms with Crippen LogP contribution in [0.15, 0.2) is 70.6 Å². The largest absolute Gasteiger partial charge is 0.494 e. The van der Waals surface area contributed by atoms with Gasteiger partial charge in [0.1, 0.15) is 11.5 Å². The fourth-order valence-corrected chi connectivity index (χ4v) is 4.05. The zero-order chi connectivity index (χ0) is 26.5. The molecule has 190 valence electrons. The molecule has 0 aliphatic rings. The zero-order valence-corrected chi connectivity index (χ0v) is 21.3. The van der Waals surface area contributed by atoms with E-state index < -0.39 is 12.6 Å². The van der Waals surface area contributed by atoms with Gasteiger partial charge in [0.15, 0.2) is 12.4 Å². The summed E-state index contributed by atoms with van der Waals surface area (Å²) in [4.78, 5) is 29.4. The van der Waals surface area contributed by atoms with Gasteiger partial charge in [-0.3, -0.25) is 4.79 Å². The third-order valence-electron chi connectivity index (χ3n) is 5.86. The number of ether oxygens (including phenoxy) is 2. The van der Waals surface area contributed by atoms with Gasteiger partial charge in [0.2, 0.25) is 0 Å². The minimum atomic E-state index is -1.09. The molecule has 0 fully saturated rings. The smallest absolute Gasteiger partial charge is 0.341 e. The van der Waals surface area contributed by atoms with Crippen molar-refractivity contribution in [2.45, 2.75) is 33.6 Å². The van der Waals surface area contributed by atoms with Gasteiger partial charge >= 0.3 is 5.97 Å². The van der Waals surface area contributed by atoms with Crippen molar-refractivity contribution >= 4 is 23.1 Å². The van der Waals surface area contributed by atoms with E-state index in [0.717, 1.165) is 22.4 Å². The van der Waals surface area contributed by atoms with Crippen molar-refractivity contribution in [2.24, 2.45) is 5.10 Å². The monoisotopic (exact) mass is 499 g/mol. The van der Waals surface area contributed by atoms with Crippen LogP contribution in [0, 0.1) is 6.92 Å². The maximum atomic E-state index is 13.6. The van der Waals surface area contributed by atoms with Crippen LogP contribution in [0.4, 0.5) is 0 Å². The number of fused-ring (bicyclic) bond motifs is 1. The Morgan fingerprint density at radius 2 is 1.81 bits per heavy atom. The summed E-state index contributed by atoms with van der Waals surface area (Å²) in [6, 6.07) is 18.0. The molecule has 0 atom stereocenters. The maximum Gasteiger partial charge on any atom is 0.341 e. The van der Waals surface area contributed by atoms with Crippen molar-refractivity contribution in [1.82, 2.24) is 9.66 Å². The van der Waals surface area contributed by atoms with Crippen LogP contribution in [0.25, 0.3) is 22.3 Å². The molecule has 0 aliphatic carbocycles. The first-order chi connectivity index (χ1) is 17.8. The summed E-state index contributed by atoms with van der Waals surface area (Å²) >= 11 is 0. The molecule has 37 heavy (non-hydrogen) atoms. The number of hydrogen-bond donors (Lipinski definition) is 1. The number of aromatic nitrogens is 2. The first-order valence-electron chi connectivity index (χ1n) is 12.1. The van der Waals surface area contributed by atoms with Crippen LogP contribution in [0.1, 0.15) is 43.4 Å². The lowest BCUT2D eigenvalue weighted by Gasteiger charge is -2.18. The Labute approximate surface area is 214 Å². The highest BCUT2D eigenvalue weighted by Crippen LogP contribution is 2.34. The third kappa shape index (κ3) is 5.53. The average Bonchev–Trinajstić information content (AvgIpc) is 2.87. The minimum Gasteiger partial charge on any atom is -0.494 e. The van der Waals surface area contributed by atoms with E-state index >= 15 is 0 Å². The lowest BCUT2D eigenvalue weighted by atomic mass is 9.96. The Bertz CT molecular complexity index is 1540. The van der Waals surface area contributed by atoms with Crippen molar-refractivity contribution < 1.29 is 19.4 Å². The molecule has 0 saturated carbocycles. The van der Waals surface area contributed by atoms with Gasteiger partial charge in [0, 0.05) is 11.1 Å². The molecule has 1 aromatic heterocycles. The number of aryl methyl sites for hydroxylation is 1. The molecule has 4 rings (SSSR count). The number of benzene rings is 3. The normalized spacial score (nSPS) is 11.4. The molecule has 0 radical (unpaired) electrons. The van der Waals surface area contributed by atoms with E-state index in [1.165, 1.54) is 10.9 Å². The van der Waals surface area contributed by atoms with Gasteiger partial charge in [-0.1, -0.05) is 38.1 Å².